The summed E-state index contributed by atoms with van der Waals surface area (Å²) in [6, 6.07) is 2.21. The minimum Gasteiger partial charge on any atom is -0.409 e. The molecular weight excluding hydrogens is 256 g/mol. The lowest BCUT2D eigenvalue weighted by Gasteiger charge is -2.37. The first-order valence-electron chi connectivity index (χ1n) is 6.89. The largest absolute Gasteiger partial charge is 0.409 e. The summed E-state index contributed by atoms with van der Waals surface area (Å²) in [5.74, 6) is 0.888. The molecule has 0 aromatic carbocycles. The van der Waals surface area contributed by atoms with Crippen LogP contribution in [0, 0.1) is 13.8 Å². The van der Waals surface area contributed by atoms with E-state index in [1.165, 1.54) is 0 Å². The zero-order valence-electron chi connectivity index (χ0n) is 12.3. The molecule has 2 heterocycles. The predicted molar refractivity (Wildman–Crippen MR) is 78.5 cm³/mol. The van der Waals surface area contributed by atoms with E-state index >= 15 is 0 Å². The van der Waals surface area contributed by atoms with Gasteiger partial charge in [0.25, 0.3) is 0 Å². The highest BCUT2D eigenvalue weighted by molar-refractivity contribution is 6.02. The van der Waals surface area contributed by atoms with Gasteiger partial charge in [-0.15, -0.1) is 0 Å². The van der Waals surface area contributed by atoms with Crippen LogP contribution in [-0.4, -0.2) is 41.8 Å². The Morgan fingerprint density at radius 2 is 2.35 bits per heavy atom. The van der Waals surface area contributed by atoms with Crippen LogP contribution in [-0.2, 0) is 4.74 Å². The van der Waals surface area contributed by atoms with Gasteiger partial charge in [-0.3, -0.25) is 0 Å². The molecule has 1 aliphatic heterocycles. The second-order valence-electron chi connectivity index (χ2n) is 5.09. The molecule has 0 saturated carbocycles. The van der Waals surface area contributed by atoms with Crippen LogP contribution in [0.1, 0.15) is 30.2 Å². The van der Waals surface area contributed by atoms with Crippen molar-refractivity contribution in [2.75, 3.05) is 24.7 Å². The number of morpholine rings is 1. The van der Waals surface area contributed by atoms with E-state index in [-0.39, 0.29) is 11.9 Å². The van der Waals surface area contributed by atoms with Crippen molar-refractivity contribution < 1.29 is 9.94 Å². The third kappa shape index (κ3) is 2.70. The molecule has 0 aliphatic carbocycles. The summed E-state index contributed by atoms with van der Waals surface area (Å²) in [6.45, 7) is 8.14. The average molecular weight is 278 g/mol. The molecule has 2 rings (SSSR count). The molecule has 110 valence electrons. The molecule has 1 aliphatic rings. The number of rotatable bonds is 3. The zero-order valence-corrected chi connectivity index (χ0v) is 12.3. The Bertz CT molecular complexity index is 516. The second kappa shape index (κ2) is 6.09. The summed E-state index contributed by atoms with van der Waals surface area (Å²) >= 11 is 0. The van der Waals surface area contributed by atoms with Gasteiger partial charge < -0.3 is 20.6 Å². The van der Waals surface area contributed by atoms with Crippen LogP contribution in [0.4, 0.5) is 5.82 Å². The molecule has 0 radical (unpaired) electrons. The minimum atomic E-state index is 0.103. The number of aromatic nitrogens is 1. The van der Waals surface area contributed by atoms with Crippen LogP contribution < -0.4 is 10.6 Å². The van der Waals surface area contributed by atoms with Gasteiger partial charge in [-0.1, -0.05) is 12.1 Å². The maximum atomic E-state index is 9.02. The van der Waals surface area contributed by atoms with Gasteiger partial charge in [0, 0.05) is 12.2 Å². The van der Waals surface area contributed by atoms with E-state index in [4.69, 9.17) is 15.7 Å². The van der Waals surface area contributed by atoms with Crippen molar-refractivity contribution in [2.24, 2.45) is 10.9 Å². The Hall–Kier alpha value is -1.82. The van der Waals surface area contributed by atoms with Gasteiger partial charge >= 0.3 is 0 Å². The van der Waals surface area contributed by atoms with Crippen molar-refractivity contribution in [1.29, 1.82) is 0 Å². The summed E-state index contributed by atoms with van der Waals surface area (Å²) in [5.41, 5.74) is 8.44. The number of pyridine rings is 1. The summed E-state index contributed by atoms with van der Waals surface area (Å²) in [6.07, 6.45) is 0.963. The first-order chi connectivity index (χ1) is 9.58. The summed E-state index contributed by atoms with van der Waals surface area (Å²) in [4.78, 5) is 6.83. The van der Waals surface area contributed by atoms with Gasteiger partial charge in [0.05, 0.1) is 24.8 Å². The van der Waals surface area contributed by atoms with E-state index in [1.807, 2.05) is 19.9 Å². The fraction of sp³-hybridized carbons (Fsp3) is 0.571. The molecule has 1 aromatic heterocycles. The van der Waals surface area contributed by atoms with E-state index < -0.39 is 0 Å². The number of anilines is 1. The van der Waals surface area contributed by atoms with Crippen molar-refractivity contribution in [1.82, 2.24) is 4.98 Å². The highest BCUT2D eigenvalue weighted by Gasteiger charge is 2.27. The Balaban J connectivity index is 2.53. The van der Waals surface area contributed by atoms with E-state index in [9.17, 15) is 0 Å². The zero-order chi connectivity index (χ0) is 14.7. The average Bonchev–Trinajstić information content (AvgIpc) is 2.45. The fourth-order valence-electron chi connectivity index (χ4n) is 2.66. The third-order valence-electron chi connectivity index (χ3n) is 3.66. The molecule has 0 bridgehead atoms. The molecule has 1 saturated heterocycles. The molecule has 20 heavy (non-hydrogen) atoms. The van der Waals surface area contributed by atoms with Crippen LogP contribution in [0.5, 0.6) is 0 Å². The summed E-state index contributed by atoms with van der Waals surface area (Å²) in [7, 11) is 0. The van der Waals surface area contributed by atoms with Gasteiger partial charge in [-0.05, 0) is 31.9 Å². The van der Waals surface area contributed by atoms with Gasteiger partial charge in [0.15, 0.2) is 5.84 Å². The number of oxime groups is 1. The van der Waals surface area contributed by atoms with Gasteiger partial charge in [0.1, 0.15) is 5.82 Å². The van der Waals surface area contributed by atoms with Crippen molar-refractivity contribution in [3.8, 4) is 0 Å². The lowest BCUT2D eigenvalue weighted by molar-refractivity contribution is 0.0925. The van der Waals surface area contributed by atoms with E-state index in [1.54, 1.807) is 0 Å². The maximum absolute atomic E-state index is 9.02. The molecule has 1 fully saturated rings. The lowest BCUT2D eigenvalue weighted by atomic mass is 10.1. The molecule has 0 spiro atoms. The number of nitrogens with zero attached hydrogens (tertiary/aromatic N) is 3. The van der Waals surface area contributed by atoms with Crippen LogP contribution in [0.3, 0.4) is 0 Å². The van der Waals surface area contributed by atoms with E-state index in [2.05, 4.69) is 22.0 Å². The van der Waals surface area contributed by atoms with Crippen molar-refractivity contribution >= 4 is 11.7 Å². The van der Waals surface area contributed by atoms with Gasteiger partial charge in [-0.2, -0.15) is 0 Å². The summed E-state index contributed by atoms with van der Waals surface area (Å²) < 4.78 is 5.53. The number of ether oxygens (including phenoxy) is 1. The molecule has 1 aromatic rings. The number of nitrogens with two attached hydrogens (primary N) is 1. The molecule has 6 heteroatoms. The molecule has 6 nitrogen and oxygen atoms in total. The first-order valence-corrected chi connectivity index (χ1v) is 6.89. The number of hydrogen-bond acceptors (Lipinski definition) is 5. The quantitative estimate of drug-likeness (QED) is 0.378. The Morgan fingerprint density at radius 3 is 3.00 bits per heavy atom. The van der Waals surface area contributed by atoms with Crippen molar-refractivity contribution in [2.45, 2.75) is 33.2 Å². The standard InChI is InChI=1S/C14H22N4O2/c1-4-11-8-20-6-5-18(11)14-12(13(15)17-19)9(2)7-10(3)16-14/h7,11,19H,4-6,8H2,1-3H3,(H2,15,17). The van der Waals surface area contributed by atoms with Crippen molar-refractivity contribution in [3.63, 3.8) is 0 Å². The van der Waals surface area contributed by atoms with Gasteiger partial charge in [0.2, 0.25) is 0 Å². The molecule has 0 amide bonds. The number of aryl methyl sites for hydroxylation is 2. The molecule has 1 atom stereocenters. The van der Waals surface area contributed by atoms with Crippen LogP contribution in [0.2, 0.25) is 0 Å². The number of amidine groups is 1. The summed E-state index contributed by atoms with van der Waals surface area (Å²) in [5, 5.41) is 12.2. The smallest absolute Gasteiger partial charge is 0.174 e. The SMILES string of the molecule is CCC1COCCN1c1nc(C)cc(C)c1/C(N)=N/O. The fourth-order valence-corrected chi connectivity index (χ4v) is 2.66. The third-order valence-corrected chi connectivity index (χ3v) is 3.66. The second-order valence-corrected chi connectivity index (χ2v) is 5.09. The number of hydrogen-bond donors (Lipinski definition) is 2. The van der Waals surface area contributed by atoms with Crippen molar-refractivity contribution in [3.05, 3.63) is 22.9 Å². The van der Waals surface area contributed by atoms with Crippen LogP contribution in [0.15, 0.2) is 11.2 Å². The highest BCUT2D eigenvalue weighted by Crippen LogP contribution is 2.26. The van der Waals surface area contributed by atoms with E-state index in [0.29, 0.717) is 18.8 Å². The molecule has 3 N–H and O–H groups in total. The van der Waals surface area contributed by atoms with Gasteiger partial charge in [-0.25, -0.2) is 4.98 Å². The topological polar surface area (TPSA) is 84.0 Å². The predicted octanol–water partition coefficient (Wildman–Crippen LogP) is 1.41. The monoisotopic (exact) mass is 278 g/mol. The minimum absolute atomic E-state index is 0.103. The Kier molecular flexibility index (Phi) is 4.44. The van der Waals surface area contributed by atoms with Crippen LogP contribution >= 0.6 is 0 Å². The molecular formula is C14H22N4O2. The highest BCUT2D eigenvalue weighted by atomic mass is 16.5. The lowest BCUT2D eigenvalue weighted by Crippen LogP contribution is -2.46. The maximum Gasteiger partial charge on any atom is 0.174 e. The Labute approximate surface area is 119 Å². The molecule has 1 unspecified atom stereocenters. The normalized spacial score (nSPS) is 20.2. The van der Waals surface area contributed by atoms with Crippen LogP contribution in [0.25, 0.3) is 0 Å². The van der Waals surface area contributed by atoms with E-state index in [0.717, 1.165) is 30.0 Å². The Morgan fingerprint density at radius 1 is 1.60 bits per heavy atom. The first kappa shape index (κ1) is 14.6.